The highest BCUT2D eigenvalue weighted by Crippen LogP contribution is 2.45. The summed E-state index contributed by atoms with van der Waals surface area (Å²) in [7, 11) is 0. The summed E-state index contributed by atoms with van der Waals surface area (Å²) in [6.07, 6.45) is -8.33. The van der Waals surface area contributed by atoms with E-state index in [0.29, 0.717) is 25.0 Å². The molecule has 0 spiro atoms. The van der Waals surface area contributed by atoms with E-state index < -0.39 is 35.0 Å². The van der Waals surface area contributed by atoms with Gasteiger partial charge in [-0.15, -0.1) is 0 Å². The van der Waals surface area contributed by atoms with Crippen LogP contribution in [0, 0.1) is 0 Å². The van der Waals surface area contributed by atoms with Gasteiger partial charge < -0.3 is 4.74 Å². The van der Waals surface area contributed by atoms with E-state index in [1.54, 1.807) is 0 Å². The summed E-state index contributed by atoms with van der Waals surface area (Å²) in [4.78, 5) is 11.3. The molecule has 1 aliphatic carbocycles. The molecule has 0 N–H and O–H groups in total. The Morgan fingerprint density at radius 2 is 1.39 bits per heavy atom. The topological polar surface area (TPSA) is 26.3 Å². The second kappa shape index (κ2) is 5.72. The van der Waals surface area contributed by atoms with Crippen LogP contribution < -0.4 is 0 Å². The molecule has 8 heteroatoms. The first-order chi connectivity index (χ1) is 10.4. The van der Waals surface area contributed by atoms with Gasteiger partial charge in [0.2, 0.25) is 0 Å². The van der Waals surface area contributed by atoms with Crippen LogP contribution in [0.4, 0.5) is 26.3 Å². The van der Waals surface area contributed by atoms with Crippen molar-refractivity contribution >= 4 is 5.97 Å². The lowest BCUT2D eigenvalue weighted by Crippen LogP contribution is -2.29. The standard InChI is InChI=1S/C15H14F6O2/c1-9(22)23-13(4-2-3-5-13)10-6-11(14(16,17)18)8-12(7-10)15(19,20)21/h6-8H,2-5H2,1H3. The van der Waals surface area contributed by atoms with Crippen molar-refractivity contribution in [2.24, 2.45) is 0 Å². The fourth-order valence-corrected chi connectivity index (χ4v) is 2.89. The van der Waals surface area contributed by atoms with E-state index in [1.165, 1.54) is 0 Å². The molecule has 0 amide bonds. The third kappa shape index (κ3) is 3.79. The van der Waals surface area contributed by atoms with Crippen LogP contribution in [0.2, 0.25) is 0 Å². The van der Waals surface area contributed by atoms with Crippen molar-refractivity contribution in [2.45, 2.75) is 50.6 Å². The maximum atomic E-state index is 12.9. The van der Waals surface area contributed by atoms with Crippen molar-refractivity contribution in [1.82, 2.24) is 0 Å². The van der Waals surface area contributed by atoms with E-state index in [9.17, 15) is 31.1 Å². The molecule has 2 nitrogen and oxygen atoms in total. The molecule has 1 aromatic carbocycles. The Balaban J connectivity index is 2.62. The van der Waals surface area contributed by atoms with Crippen LogP contribution in [-0.4, -0.2) is 5.97 Å². The first kappa shape index (κ1) is 17.6. The van der Waals surface area contributed by atoms with E-state index in [0.717, 1.165) is 6.92 Å². The van der Waals surface area contributed by atoms with Crippen molar-refractivity contribution in [3.8, 4) is 0 Å². The molecule has 1 saturated carbocycles. The van der Waals surface area contributed by atoms with Gasteiger partial charge in [-0.25, -0.2) is 0 Å². The summed E-state index contributed by atoms with van der Waals surface area (Å²) >= 11 is 0. The van der Waals surface area contributed by atoms with Crippen LogP contribution in [0.1, 0.15) is 49.3 Å². The molecular weight excluding hydrogens is 326 g/mol. The van der Waals surface area contributed by atoms with Crippen LogP contribution in [0.15, 0.2) is 18.2 Å². The van der Waals surface area contributed by atoms with E-state index in [2.05, 4.69) is 0 Å². The minimum Gasteiger partial charge on any atom is -0.454 e. The summed E-state index contributed by atoms with van der Waals surface area (Å²) < 4.78 is 82.8. The first-order valence-corrected chi connectivity index (χ1v) is 6.94. The van der Waals surface area contributed by atoms with Gasteiger partial charge >= 0.3 is 18.3 Å². The van der Waals surface area contributed by atoms with Crippen molar-refractivity contribution in [3.05, 3.63) is 34.9 Å². The molecule has 0 atom stereocenters. The normalized spacial score (nSPS) is 18.0. The van der Waals surface area contributed by atoms with Crippen LogP contribution in [0.3, 0.4) is 0 Å². The second-order valence-corrected chi connectivity index (χ2v) is 5.59. The van der Waals surface area contributed by atoms with Gasteiger partial charge in [-0.1, -0.05) is 0 Å². The van der Waals surface area contributed by atoms with Crippen molar-refractivity contribution in [1.29, 1.82) is 0 Å². The number of ether oxygens (including phenoxy) is 1. The fraction of sp³-hybridized carbons (Fsp3) is 0.533. The van der Waals surface area contributed by atoms with Crippen LogP contribution in [-0.2, 0) is 27.5 Å². The van der Waals surface area contributed by atoms with E-state index in [-0.39, 0.29) is 24.5 Å². The van der Waals surface area contributed by atoms with Crippen molar-refractivity contribution in [3.63, 3.8) is 0 Å². The Bertz CT molecular complexity index is 565. The summed E-state index contributed by atoms with van der Waals surface area (Å²) in [5.41, 5.74) is -4.48. The number of hydrogen-bond acceptors (Lipinski definition) is 2. The number of alkyl halides is 6. The molecule has 23 heavy (non-hydrogen) atoms. The third-order valence-electron chi connectivity index (χ3n) is 3.86. The van der Waals surface area contributed by atoms with Crippen LogP contribution in [0.5, 0.6) is 0 Å². The van der Waals surface area contributed by atoms with Crippen LogP contribution >= 0.6 is 0 Å². The van der Waals surface area contributed by atoms with Gasteiger partial charge in [0.1, 0.15) is 5.60 Å². The first-order valence-electron chi connectivity index (χ1n) is 6.94. The highest BCUT2D eigenvalue weighted by Gasteiger charge is 2.43. The predicted molar refractivity (Wildman–Crippen MR) is 68.4 cm³/mol. The lowest BCUT2D eigenvalue weighted by molar-refractivity contribution is -0.158. The fourth-order valence-electron chi connectivity index (χ4n) is 2.89. The Morgan fingerprint density at radius 3 is 1.74 bits per heavy atom. The van der Waals surface area contributed by atoms with Gasteiger partial charge in [0.05, 0.1) is 11.1 Å². The van der Waals surface area contributed by atoms with Gasteiger partial charge in [-0.3, -0.25) is 4.79 Å². The zero-order valence-electron chi connectivity index (χ0n) is 12.1. The van der Waals surface area contributed by atoms with Gasteiger partial charge in [0, 0.05) is 6.92 Å². The monoisotopic (exact) mass is 340 g/mol. The van der Waals surface area contributed by atoms with E-state index in [1.807, 2.05) is 0 Å². The summed E-state index contributed by atoms with van der Waals surface area (Å²) in [5.74, 6) is -0.738. The number of hydrogen-bond donors (Lipinski definition) is 0. The quantitative estimate of drug-likeness (QED) is 0.556. The molecule has 1 aromatic rings. The van der Waals surface area contributed by atoms with Gasteiger partial charge in [-0.2, -0.15) is 26.3 Å². The summed E-state index contributed by atoms with van der Waals surface area (Å²) in [6.45, 7) is 1.08. The molecule has 128 valence electrons. The average molecular weight is 340 g/mol. The van der Waals surface area contributed by atoms with Crippen molar-refractivity contribution < 1.29 is 35.9 Å². The molecule has 0 bridgehead atoms. The Hall–Kier alpha value is -1.73. The zero-order chi connectivity index (χ0) is 17.5. The Labute approximate surface area is 128 Å². The molecule has 0 saturated heterocycles. The molecular formula is C15H14F6O2. The third-order valence-corrected chi connectivity index (χ3v) is 3.86. The summed E-state index contributed by atoms with van der Waals surface area (Å²) in [5, 5.41) is 0. The Kier molecular flexibility index (Phi) is 4.38. The number of halogens is 6. The SMILES string of the molecule is CC(=O)OC1(c2cc(C(F)(F)F)cc(C(F)(F)F)c2)CCCC1. The van der Waals surface area contributed by atoms with Gasteiger partial charge in [0.15, 0.2) is 0 Å². The van der Waals surface area contributed by atoms with Gasteiger partial charge in [0.25, 0.3) is 0 Å². The van der Waals surface area contributed by atoms with E-state index in [4.69, 9.17) is 4.74 Å². The average Bonchev–Trinajstić information content (AvgIpc) is 2.85. The number of benzene rings is 1. The van der Waals surface area contributed by atoms with Crippen molar-refractivity contribution in [2.75, 3.05) is 0 Å². The summed E-state index contributed by atoms with van der Waals surface area (Å²) in [6, 6.07) is 1.35. The van der Waals surface area contributed by atoms with Crippen LogP contribution in [0.25, 0.3) is 0 Å². The second-order valence-electron chi connectivity index (χ2n) is 5.59. The zero-order valence-corrected chi connectivity index (χ0v) is 12.1. The molecule has 2 rings (SSSR count). The lowest BCUT2D eigenvalue weighted by Gasteiger charge is -2.30. The lowest BCUT2D eigenvalue weighted by atomic mass is 9.88. The molecule has 1 aliphatic rings. The maximum absolute atomic E-state index is 12.9. The highest BCUT2D eigenvalue weighted by molar-refractivity contribution is 5.67. The number of rotatable bonds is 2. The minimum atomic E-state index is -4.92. The largest absolute Gasteiger partial charge is 0.454 e. The molecule has 0 aliphatic heterocycles. The molecule has 0 heterocycles. The molecule has 0 aromatic heterocycles. The van der Waals surface area contributed by atoms with E-state index >= 15 is 0 Å². The molecule has 0 radical (unpaired) electrons. The number of carbonyl (C=O) groups excluding carboxylic acids is 1. The maximum Gasteiger partial charge on any atom is 0.416 e. The molecule has 1 fully saturated rings. The predicted octanol–water partition coefficient (Wildman–Crippen LogP) is 5.06. The highest BCUT2D eigenvalue weighted by atomic mass is 19.4. The Morgan fingerprint density at radius 1 is 0.957 bits per heavy atom. The minimum absolute atomic E-state index is 0.0694. The smallest absolute Gasteiger partial charge is 0.416 e. The number of esters is 1. The molecule has 0 unspecified atom stereocenters. The van der Waals surface area contributed by atoms with Gasteiger partial charge in [-0.05, 0) is 49.4 Å². The number of carbonyl (C=O) groups is 1.